The Labute approximate surface area is 135 Å². The van der Waals surface area contributed by atoms with Crippen LogP contribution in [0.2, 0.25) is 0 Å². The van der Waals surface area contributed by atoms with Crippen LogP contribution in [0.25, 0.3) is 0 Å². The van der Waals surface area contributed by atoms with Crippen molar-refractivity contribution < 1.29 is 28.0 Å². The van der Waals surface area contributed by atoms with Crippen LogP contribution < -0.4 is 5.48 Å². The highest BCUT2D eigenvalue weighted by Gasteiger charge is 2.26. The first-order valence-corrected chi connectivity index (χ1v) is 8.32. The van der Waals surface area contributed by atoms with Gasteiger partial charge in [0, 0.05) is 13.0 Å². The van der Waals surface area contributed by atoms with Gasteiger partial charge in [-0.25, -0.2) is 13.9 Å². The van der Waals surface area contributed by atoms with Crippen molar-refractivity contribution in [1.29, 1.82) is 0 Å². The molecule has 2 N–H and O–H groups in total. The van der Waals surface area contributed by atoms with Gasteiger partial charge < -0.3 is 4.74 Å². The molecule has 1 amide bonds. The van der Waals surface area contributed by atoms with Crippen molar-refractivity contribution in [1.82, 2.24) is 9.79 Å². The monoisotopic (exact) mass is 344 g/mol. The molecule has 0 fully saturated rings. The summed E-state index contributed by atoms with van der Waals surface area (Å²) in [5.74, 6) is -1.33. The topological polar surface area (TPSA) is 113 Å². The van der Waals surface area contributed by atoms with E-state index in [9.17, 15) is 18.0 Å². The molecule has 0 aliphatic carbocycles. The SMILES string of the molecule is COC(=O)CCCN(CC(=O)NO)S(=O)(=O)c1ccc(C)cc1. The summed E-state index contributed by atoms with van der Waals surface area (Å²) in [7, 11) is -2.68. The van der Waals surface area contributed by atoms with E-state index in [1.54, 1.807) is 12.1 Å². The summed E-state index contributed by atoms with van der Waals surface area (Å²) >= 11 is 0. The Morgan fingerprint density at radius 1 is 1.26 bits per heavy atom. The van der Waals surface area contributed by atoms with Crippen molar-refractivity contribution in [2.45, 2.75) is 24.7 Å². The second-order valence-electron chi connectivity index (χ2n) is 4.87. The van der Waals surface area contributed by atoms with E-state index in [1.807, 2.05) is 6.92 Å². The third kappa shape index (κ3) is 5.62. The Hall–Kier alpha value is -1.97. The molecule has 0 aromatic heterocycles. The summed E-state index contributed by atoms with van der Waals surface area (Å²) < 4.78 is 30.6. The number of hydroxylamine groups is 1. The molecule has 1 aromatic carbocycles. The fraction of sp³-hybridized carbons (Fsp3) is 0.429. The van der Waals surface area contributed by atoms with Gasteiger partial charge in [0.05, 0.1) is 18.6 Å². The number of esters is 1. The minimum atomic E-state index is -3.92. The lowest BCUT2D eigenvalue weighted by atomic mass is 10.2. The van der Waals surface area contributed by atoms with Crippen molar-refractivity contribution in [3.63, 3.8) is 0 Å². The molecule has 1 rings (SSSR count). The van der Waals surface area contributed by atoms with Crippen molar-refractivity contribution in [3.05, 3.63) is 29.8 Å². The number of methoxy groups -OCH3 is 1. The number of aryl methyl sites for hydroxylation is 1. The average Bonchev–Trinajstić information content (AvgIpc) is 2.53. The lowest BCUT2D eigenvalue weighted by molar-refractivity contribution is -0.140. The Bertz CT molecular complexity index is 642. The molecule has 8 nitrogen and oxygen atoms in total. The van der Waals surface area contributed by atoms with E-state index in [2.05, 4.69) is 4.74 Å². The fourth-order valence-corrected chi connectivity index (χ4v) is 3.28. The summed E-state index contributed by atoms with van der Waals surface area (Å²) in [4.78, 5) is 22.5. The molecule has 23 heavy (non-hydrogen) atoms. The Balaban J connectivity index is 2.94. The average molecular weight is 344 g/mol. The second kappa shape index (κ2) is 8.61. The highest BCUT2D eigenvalue weighted by atomic mass is 32.2. The van der Waals surface area contributed by atoms with Crippen LogP contribution in [0.3, 0.4) is 0 Å². The minimum absolute atomic E-state index is 0.0250. The maximum Gasteiger partial charge on any atom is 0.305 e. The molecule has 0 saturated carbocycles. The molecule has 1 aromatic rings. The number of ether oxygens (including phenoxy) is 1. The summed E-state index contributed by atoms with van der Waals surface area (Å²) in [6.07, 6.45) is 0.216. The van der Waals surface area contributed by atoms with Gasteiger partial charge in [0.1, 0.15) is 0 Å². The zero-order valence-electron chi connectivity index (χ0n) is 13.0. The molecule has 128 valence electrons. The van der Waals surface area contributed by atoms with E-state index in [0.29, 0.717) is 0 Å². The summed E-state index contributed by atoms with van der Waals surface area (Å²) in [6.45, 7) is 1.22. The van der Waals surface area contributed by atoms with Crippen molar-refractivity contribution in [2.24, 2.45) is 0 Å². The maximum atomic E-state index is 12.6. The summed E-state index contributed by atoms with van der Waals surface area (Å²) in [5, 5.41) is 8.61. The molecule has 0 bridgehead atoms. The number of hydrogen-bond acceptors (Lipinski definition) is 6. The molecule has 0 heterocycles. The minimum Gasteiger partial charge on any atom is -0.469 e. The molecule has 0 saturated heterocycles. The van der Waals surface area contributed by atoms with Crippen LogP contribution in [0, 0.1) is 6.92 Å². The normalized spacial score (nSPS) is 11.3. The van der Waals surface area contributed by atoms with Gasteiger partial charge in [0.25, 0.3) is 5.91 Å². The molecule has 0 aliphatic heterocycles. The van der Waals surface area contributed by atoms with E-state index < -0.39 is 28.4 Å². The standard InChI is InChI=1S/C14H20N2O6S/c1-11-5-7-12(8-6-11)23(20,21)16(10-13(17)15-19)9-3-4-14(18)22-2/h5-8,19H,3-4,9-10H2,1-2H3,(H,15,17). The van der Waals surface area contributed by atoms with Gasteiger partial charge in [-0.1, -0.05) is 17.7 Å². The molecule has 0 spiro atoms. The van der Waals surface area contributed by atoms with Gasteiger partial charge in [0.2, 0.25) is 10.0 Å². The predicted molar refractivity (Wildman–Crippen MR) is 81.1 cm³/mol. The van der Waals surface area contributed by atoms with Gasteiger partial charge in [-0.15, -0.1) is 0 Å². The van der Waals surface area contributed by atoms with E-state index in [-0.39, 0.29) is 24.3 Å². The van der Waals surface area contributed by atoms with E-state index in [4.69, 9.17) is 5.21 Å². The second-order valence-corrected chi connectivity index (χ2v) is 6.80. The van der Waals surface area contributed by atoms with Crippen LogP contribution in [0.5, 0.6) is 0 Å². The van der Waals surface area contributed by atoms with Gasteiger partial charge in [-0.3, -0.25) is 14.8 Å². The lowest BCUT2D eigenvalue weighted by Crippen LogP contribution is -2.40. The van der Waals surface area contributed by atoms with Crippen LogP contribution in [0.1, 0.15) is 18.4 Å². The highest BCUT2D eigenvalue weighted by molar-refractivity contribution is 7.89. The zero-order chi connectivity index (χ0) is 17.5. The van der Waals surface area contributed by atoms with E-state index >= 15 is 0 Å². The maximum absolute atomic E-state index is 12.6. The number of sulfonamides is 1. The lowest BCUT2D eigenvalue weighted by Gasteiger charge is -2.21. The third-order valence-electron chi connectivity index (χ3n) is 3.12. The van der Waals surface area contributed by atoms with Crippen molar-refractivity contribution >= 4 is 21.9 Å². The molecular weight excluding hydrogens is 324 g/mol. The van der Waals surface area contributed by atoms with Gasteiger partial charge in [-0.05, 0) is 25.5 Å². The largest absolute Gasteiger partial charge is 0.469 e. The smallest absolute Gasteiger partial charge is 0.305 e. The Morgan fingerprint density at radius 3 is 2.39 bits per heavy atom. The number of nitrogens with zero attached hydrogens (tertiary/aromatic N) is 1. The molecule has 0 atom stereocenters. The van der Waals surface area contributed by atoms with Crippen LogP contribution in [-0.4, -0.2) is 50.0 Å². The van der Waals surface area contributed by atoms with Gasteiger partial charge in [0.15, 0.2) is 0 Å². The van der Waals surface area contributed by atoms with E-state index in [0.717, 1.165) is 9.87 Å². The molecular formula is C14H20N2O6S. The van der Waals surface area contributed by atoms with Crippen LogP contribution >= 0.6 is 0 Å². The quantitative estimate of drug-likeness (QED) is 0.402. The summed E-state index contributed by atoms with van der Waals surface area (Å²) in [6, 6.07) is 6.17. The molecule has 9 heteroatoms. The number of carbonyl (C=O) groups excluding carboxylic acids is 2. The first-order valence-electron chi connectivity index (χ1n) is 6.88. The summed E-state index contributed by atoms with van der Waals surface area (Å²) in [5.41, 5.74) is 2.30. The van der Waals surface area contributed by atoms with Crippen molar-refractivity contribution in [3.8, 4) is 0 Å². The number of amides is 1. The number of benzene rings is 1. The van der Waals surface area contributed by atoms with Crippen LogP contribution in [0.4, 0.5) is 0 Å². The van der Waals surface area contributed by atoms with Gasteiger partial charge in [-0.2, -0.15) is 4.31 Å². The fourth-order valence-electron chi connectivity index (χ4n) is 1.84. The number of carbonyl (C=O) groups is 2. The Morgan fingerprint density at radius 2 is 1.87 bits per heavy atom. The van der Waals surface area contributed by atoms with Crippen molar-refractivity contribution in [2.75, 3.05) is 20.2 Å². The highest BCUT2D eigenvalue weighted by Crippen LogP contribution is 2.17. The number of nitrogens with one attached hydrogen (secondary N) is 1. The number of hydrogen-bond donors (Lipinski definition) is 2. The first kappa shape index (κ1) is 19.1. The van der Waals surface area contributed by atoms with E-state index in [1.165, 1.54) is 24.7 Å². The molecule has 0 unspecified atom stereocenters. The predicted octanol–water partition coefficient (Wildman–Crippen LogP) is 0.444. The van der Waals surface area contributed by atoms with Crippen LogP contribution in [0.15, 0.2) is 29.2 Å². The third-order valence-corrected chi connectivity index (χ3v) is 4.98. The number of rotatable bonds is 8. The molecule has 0 aliphatic rings. The molecule has 0 radical (unpaired) electrons. The van der Waals surface area contributed by atoms with Crippen LogP contribution in [-0.2, 0) is 24.3 Å². The van der Waals surface area contributed by atoms with Gasteiger partial charge >= 0.3 is 5.97 Å². The first-order chi connectivity index (χ1) is 10.8. The zero-order valence-corrected chi connectivity index (χ0v) is 13.8. The Kier molecular flexibility index (Phi) is 7.14.